The van der Waals surface area contributed by atoms with Crippen molar-refractivity contribution in [3.05, 3.63) is 33.8 Å². The number of hydrogen-bond donors (Lipinski definition) is 1. The van der Waals surface area contributed by atoms with E-state index in [-0.39, 0.29) is 18.4 Å². The van der Waals surface area contributed by atoms with E-state index in [0.717, 1.165) is 5.56 Å². The molecule has 1 aromatic rings. The van der Waals surface area contributed by atoms with Crippen molar-refractivity contribution in [1.29, 1.82) is 0 Å². The summed E-state index contributed by atoms with van der Waals surface area (Å²) in [7, 11) is 0. The molecule has 0 radical (unpaired) electrons. The van der Waals surface area contributed by atoms with Gasteiger partial charge >= 0.3 is 0 Å². The molecule has 0 bridgehead atoms. The first-order chi connectivity index (χ1) is 5.09. The largest absolute Gasteiger partial charge is 0.324 e. The third-order valence-electron chi connectivity index (χ3n) is 1.41. The van der Waals surface area contributed by atoms with Crippen LogP contribution < -0.4 is 5.73 Å². The van der Waals surface area contributed by atoms with Crippen LogP contribution in [0, 0.1) is 0 Å². The van der Waals surface area contributed by atoms with Gasteiger partial charge in [-0.15, -0.1) is 12.4 Å². The van der Waals surface area contributed by atoms with E-state index >= 15 is 0 Å². The van der Waals surface area contributed by atoms with Crippen LogP contribution in [0.4, 0.5) is 0 Å². The molecule has 0 spiro atoms. The van der Waals surface area contributed by atoms with Crippen molar-refractivity contribution in [3.8, 4) is 0 Å². The summed E-state index contributed by atoms with van der Waals surface area (Å²) in [5, 5.41) is 1.26. The van der Waals surface area contributed by atoms with Gasteiger partial charge in [0.1, 0.15) is 0 Å². The van der Waals surface area contributed by atoms with Gasteiger partial charge in [-0.2, -0.15) is 0 Å². The maximum Gasteiger partial charge on any atom is 0.0424 e. The standard InChI is InChI=1S/C8H9Cl2N.ClH/c1-5(11)6-2-7(9)4-8(10)3-6;/h2-5H,11H2,1H3;1H. The highest BCUT2D eigenvalue weighted by molar-refractivity contribution is 6.34. The third kappa shape index (κ3) is 3.20. The Hall–Kier alpha value is 0.0500. The number of hydrogen-bond acceptors (Lipinski definition) is 1. The molecular weight excluding hydrogens is 216 g/mol. The summed E-state index contributed by atoms with van der Waals surface area (Å²) in [6.45, 7) is 1.89. The first-order valence-corrected chi connectivity index (χ1v) is 4.07. The first kappa shape index (κ1) is 12.0. The van der Waals surface area contributed by atoms with Crippen LogP contribution in [0.1, 0.15) is 18.5 Å². The predicted molar refractivity (Wildman–Crippen MR) is 56.3 cm³/mol. The third-order valence-corrected chi connectivity index (χ3v) is 1.85. The fraction of sp³-hybridized carbons (Fsp3) is 0.250. The maximum absolute atomic E-state index is 5.75. The highest BCUT2D eigenvalue weighted by Crippen LogP contribution is 2.21. The molecule has 1 nitrogen and oxygen atoms in total. The number of nitrogens with two attached hydrogens (primary N) is 1. The minimum Gasteiger partial charge on any atom is -0.324 e. The second kappa shape index (κ2) is 4.93. The van der Waals surface area contributed by atoms with Crippen molar-refractivity contribution in [2.75, 3.05) is 0 Å². The molecule has 1 aromatic carbocycles. The van der Waals surface area contributed by atoms with E-state index in [0.29, 0.717) is 10.0 Å². The summed E-state index contributed by atoms with van der Waals surface area (Å²) in [4.78, 5) is 0. The molecule has 1 rings (SSSR count). The van der Waals surface area contributed by atoms with Gasteiger partial charge in [-0.05, 0) is 30.7 Å². The lowest BCUT2D eigenvalue weighted by atomic mass is 10.1. The van der Waals surface area contributed by atoms with Gasteiger partial charge in [0.05, 0.1) is 0 Å². The summed E-state index contributed by atoms with van der Waals surface area (Å²) in [6, 6.07) is 5.30. The van der Waals surface area contributed by atoms with Crippen LogP contribution >= 0.6 is 35.6 Å². The summed E-state index contributed by atoms with van der Waals surface area (Å²) >= 11 is 11.5. The van der Waals surface area contributed by atoms with Crippen LogP contribution in [0.3, 0.4) is 0 Å². The molecule has 0 saturated heterocycles. The summed E-state index contributed by atoms with van der Waals surface area (Å²) in [5.41, 5.74) is 6.59. The van der Waals surface area contributed by atoms with E-state index in [1.807, 2.05) is 19.1 Å². The Morgan fingerprint density at radius 2 is 1.58 bits per heavy atom. The van der Waals surface area contributed by atoms with Gasteiger partial charge in [0.15, 0.2) is 0 Å². The van der Waals surface area contributed by atoms with Gasteiger partial charge in [0, 0.05) is 16.1 Å². The molecule has 0 aromatic heterocycles. The Labute approximate surface area is 88.3 Å². The van der Waals surface area contributed by atoms with Crippen molar-refractivity contribution >= 4 is 35.6 Å². The van der Waals surface area contributed by atoms with Gasteiger partial charge in [0.2, 0.25) is 0 Å². The summed E-state index contributed by atoms with van der Waals surface area (Å²) in [6.07, 6.45) is 0. The molecule has 0 aliphatic carbocycles. The molecule has 0 heterocycles. The molecular formula is C8H10Cl3N. The molecule has 0 aliphatic heterocycles. The zero-order chi connectivity index (χ0) is 8.43. The fourth-order valence-electron chi connectivity index (χ4n) is 0.838. The van der Waals surface area contributed by atoms with Crippen LogP contribution in [-0.4, -0.2) is 0 Å². The number of rotatable bonds is 1. The SMILES string of the molecule is CC(N)c1cc(Cl)cc(Cl)c1.Cl. The predicted octanol–water partition coefficient (Wildman–Crippen LogP) is 3.43. The molecule has 0 amide bonds. The minimum absolute atomic E-state index is 0. The zero-order valence-corrected chi connectivity index (χ0v) is 8.88. The molecule has 1 atom stereocenters. The van der Waals surface area contributed by atoms with E-state index in [9.17, 15) is 0 Å². The van der Waals surface area contributed by atoms with Crippen LogP contribution in [0.5, 0.6) is 0 Å². The van der Waals surface area contributed by atoms with Crippen molar-refractivity contribution in [2.45, 2.75) is 13.0 Å². The molecule has 4 heteroatoms. The van der Waals surface area contributed by atoms with E-state index in [1.165, 1.54) is 0 Å². The summed E-state index contributed by atoms with van der Waals surface area (Å²) in [5.74, 6) is 0. The number of halogens is 3. The fourth-order valence-corrected chi connectivity index (χ4v) is 1.38. The second-order valence-electron chi connectivity index (χ2n) is 2.49. The lowest BCUT2D eigenvalue weighted by molar-refractivity contribution is 0.818. The van der Waals surface area contributed by atoms with Crippen molar-refractivity contribution in [2.24, 2.45) is 5.73 Å². The Bertz CT molecular complexity index is 240. The molecule has 1 unspecified atom stereocenters. The topological polar surface area (TPSA) is 26.0 Å². The molecule has 0 aliphatic rings. The average molecular weight is 227 g/mol. The maximum atomic E-state index is 5.75. The molecule has 0 saturated carbocycles. The van der Waals surface area contributed by atoms with Gasteiger partial charge in [-0.3, -0.25) is 0 Å². The second-order valence-corrected chi connectivity index (χ2v) is 3.36. The van der Waals surface area contributed by atoms with Gasteiger partial charge in [0.25, 0.3) is 0 Å². The highest BCUT2D eigenvalue weighted by Gasteiger charge is 2.01. The molecule has 2 N–H and O–H groups in total. The van der Waals surface area contributed by atoms with Crippen molar-refractivity contribution < 1.29 is 0 Å². The Morgan fingerprint density at radius 1 is 1.17 bits per heavy atom. The average Bonchev–Trinajstić information content (AvgIpc) is 1.85. The Kier molecular flexibility index (Phi) is 4.95. The zero-order valence-electron chi connectivity index (χ0n) is 6.55. The van der Waals surface area contributed by atoms with Gasteiger partial charge < -0.3 is 5.73 Å². The lowest BCUT2D eigenvalue weighted by Crippen LogP contribution is -2.04. The first-order valence-electron chi connectivity index (χ1n) is 3.31. The van der Waals surface area contributed by atoms with Crippen LogP contribution in [0.2, 0.25) is 10.0 Å². The quantitative estimate of drug-likeness (QED) is 0.780. The Morgan fingerprint density at radius 3 is 1.92 bits per heavy atom. The van der Waals surface area contributed by atoms with Crippen molar-refractivity contribution in [1.82, 2.24) is 0 Å². The molecule has 0 fully saturated rings. The number of benzene rings is 1. The molecule has 68 valence electrons. The molecule has 12 heavy (non-hydrogen) atoms. The van der Waals surface area contributed by atoms with Crippen LogP contribution in [0.15, 0.2) is 18.2 Å². The minimum atomic E-state index is -0.0220. The normalized spacial score (nSPS) is 12.0. The van der Waals surface area contributed by atoms with E-state index in [2.05, 4.69) is 0 Å². The van der Waals surface area contributed by atoms with Crippen LogP contribution in [-0.2, 0) is 0 Å². The smallest absolute Gasteiger partial charge is 0.0424 e. The summed E-state index contributed by atoms with van der Waals surface area (Å²) < 4.78 is 0. The lowest BCUT2D eigenvalue weighted by Gasteiger charge is -2.05. The van der Waals surface area contributed by atoms with E-state index in [4.69, 9.17) is 28.9 Å². The van der Waals surface area contributed by atoms with E-state index in [1.54, 1.807) is 6.07 Å². The van der Waals surface area contributed by atoms with Crippen molar-refractivity contribution in [3.63, 3.8) is 0 Å². The van der Waals surface area contributed by atoms with Gasteiger partial charge in [-0.1, -0.05) is 23.2 Å². The van der Waals surface area contributed by atoms with E-state index < -0.39 is 0 Å². The van der Waals surface area contributed by atoms with Gasteiger partial charge in [-0.25, -0.2) is 0 Å². The van der Waals surface area contributed by atoms with Crippen LogP contribution in [0.25, 0.3) is 0 Å². The monoisotopic (exact) mass is 225 g/mol. The Balaban J connectivity index is 0.00000121. The highest BCUT2D eigenvalue weighted by atomic mass is 35.5.